The number of carboxylic acids is 1. The van der Waals surface area contributed by atoms with Crippen LogP contribution in [0.4, 0.5) is 4.79 Å². The number of ether oxygens (including phenoxy) is 1. The van der Waals surface area contributed by atoms with Crippen molar-refractivity contribution < 1.29 is 19.4 Å². The fraction of sp³-hybridized carbons (Fsp3) is 0.833. The summed E-state index contributed by atoms with van der Waals surface area (Å²) < 4.78 is 4.96. The summed E-state index contributed by atoms with van der Waals surface area (Å²) in [5, 5.41) is 11.3. The van der Waals surface area contributed by atoms with Crippen molar-refractivity contribution in [1.82, 2.24) is 10.2 Å². The van der Waals surface area contributed by atoms with Crippen molar-refractivity contribution in [2.75, 3.05) is 26.8 Å². The highest BCUT2D eigenvalue weighted by atomic mass is 16.5. The molecule has 1 unspecified atom stereocenters. The number of urea groups is 1. The van der Waals surface area contributed by atoms with E-state index in [1.54, 1.807) is 18.9 Å². The Morgan fingerprint density at radius 2 is 1.94 bits per heavy atom. The Bertz CT molecular complexity index is 269. The van der Waals surface area contributed by atoms with Crippen molar-refractivity contribution in [3.8, 4) is 0 Å². The molecule has 0 heterocycles. The van der Waals surface area contributed by atoms with Gasteiger partial charge in [-0.1, -0.05) is 13.8 Å². The van der Waals surface area contributed by atoms with Crippen molar-refractivity contribution in [3.63, 3.8) is 0 Å². The molecule has 0 saturated carbocycles. The molecule has 6 nitrogen and oxygen atoms in total. The van der Waals surface area contributed by atoms with Crippen LogP contribution in [0.2, 0.25) is 0 Å². The molecule has 18 heavy (non-hydrogen) atoms. The van der Waals surface area contributed by atoms with E-state index in [0.717, 1.165) is 0 Å². The number of methoxy groups -OCH3 is 1. The van der Waals surface area contributed by atoms with Crippen molar-refractivity contribution in [2.45, 2.75) is 33.2 Å². The molecule has 2 N–H and O–H groups in total. The minimum Gasteiger partial charge on any atom is -0.481 e. The van der Waals surface area contributed by atoms with E-state index in [-0.39, 0.29) is 18.5 Å². The number of aliphatic carboxylic acids is 1. The van der Waals surface area contributed by atoms with E-state index in [4.69, 9.17) is 9.84 Å². The number of hydrogen-bond donors (Lipinski definition) is 2. The second kappa shape index (κ2) is 8.74. The number of hydrogen-bond acceptors (Lipinski definition) is 3. The number of carbonyl (C=O) groups is 2. The topological polar surface area (TPSA) is 78.9 Å². The second-order valence-corrected chi connectivity index (χ2v) is 4.78. The third-order valence-corrected chi connectivity index (χ3v) is 2.29. The van der Waals surface area contributed by atoms with Gasteiger partial charge in [0.2, 0.25) is 0 Å². The van der Waals surface area contributed by atoms with Crippen LogP contribution in [-0.2, 0) is 9.53 Å². The summed E-state index contributed by atoms with van der Waals surface area (Å²) in [6.45, 7) is 7.31. The lowest BCUT2D eigenvalue weighted by atomic mass is 10.2. The van der Waals surface area contributed by atoms with Crippen molar-refractivity contribution in [1.29, 1.82) is 0 Å². The van der Waals surface area contributed by atoms with Crippen molar-refractivity contribution in [3.05, 3.63) is 0 Å². The normalized spacial score (nSPS) is 12.3. The molecule has 0 aliphatic carbocycles. The van der Waals surface area contributed by atoms with Gasteiger partial charge in [-0.05, 0) is 12.8 Å². The lowest BCUT2D eigenvalue weighted by molar-refractivity contribution is -0.137. The molecule has 6 heteroatoms. The highest BCUT2D eigenvalue weighted by Gasteiger charge is 2.17. The number of amides is 2. The third kappa shape index (κ3) is 7.89. The molecule has 0 aromatic rings. The molecule has 0 fully saturated rings. The van der Waals surface area contributed by atoms with Crippen LogP contribution in [0.5, 0.6) is 0 Å². The molecule has 0 bridgehead atoms. The molecule has 0 aliphatic rings. The Labute approximate surface area is 108 Å². The summed E-state index contributed by atoms with van der Waals surface area (Å²) in [6.07, 6.45) is -0.0778. The minimum absolute atomic E-state index is 0.0778. The zero-order chi connectivity index (χ0) is 14.1. The molecule has 0 aliphatic heterocycles. The van der Waals surface area contributed by atoms with Gasteiger partial charge in [-0.3, -0.25) is 4.79 Å². The van der Waals surface area contributed by atoms with Crippen molar-refractivity contribution >= 4 is 12.0 Å². The van der Waals surface area contributed by atoms with Crippen LogP contribution in [0.15, 0.2) is 0 Å². The highest BCUT2D eigenvalue weighted by molar-refractivity contribution is 5.75. The van der Waals surface area contributed by atoms with Gasteiger partial charge in [0.15, 0.2) is 0 Å². The molecule has 0 spiro atoms. The molecule has 0 aromatic carbocycles. The van der Waals surface area contributed by atoms with Crippen LogP contribution in [0.3, 0.4) is 0 Å². The molecule has 0 saturated heterocycles. The molecule has 0 rings (SSSR count). The first-order valence-corrected chi connectivity index (χ1v) is 6.13. The maximum Gasteiger partial charge on any atom is 0.317 e. The number of rotatable bonds is 8. The van der Waals surface area contributed by atoms with E-state index in [1.807, 2.05) is 13.8 Å². The fourth-order valence-corrected chi connectivity index (χ4v) is 1.53. The third-order valence-electron chi connectivity index (χ3n) is 2.29. The van der Waals surface area contributed by atoms with Crippen LogP contribution >= 0.6 is 0 Å². The van der Waals surface area contributed by atoms with Gasteiger partial charge in [0.1, 0.15) is 0 Å². The van der Waals surface area contributed by atoms with Crippen LogP contribution < -0.4 is 5.32 Å². The van der Waals surface area contributed by atoms with Gasteiger partial charge in [-0.25, -0.2) is 4.79 Å². The maximum atomic E-state index is 11.9. The summed E-state index contributed by atoms with van der Waals surface area (Å²) in [4.78, 5) is 24.1. The Balaban J connectivity index is 4.30. The molecular formula is C12H24N2O4. The van der Waals surface area contributed by atoms with Gasteiger partial charge in [0.25, 0.3) is 0 Å². The molecule has 106 valence electrons. The SMILES string of the molecule is COCCN(CC(C)C)C(=O)NC(C)CC(=O)O. The number of carboxylic acid groups (broad SMARTS) is 1. The van der Waals surface area contributed by atoms with E-state index in [2.05, 4.69) is 5.32 Å². The molecular weight excluding hydrogens is 236 g/mol. The summed E-state index contributed by atoms with van der Waals surface area (Å²) in [6, 6.07) is -0.623. The number of carbonyl (C=O) groups excluding carboxylic acids is 1. The van der Waals surface area contributed by atoms with E-state index in [0.29, 0.717) is 25.6 Å². The number of nitrogens with one attached hydrogen (secondary N) is 1. The van der Waals surface area contributed by atoms with Crippen molar-refractivity contribution in [2.24, 2.45) is 5.92 Å². The van der Waals surface area contributed by atoms with Gasteiger partial charge in [0, 0.05) is 26.2 Å². The lowest BCUT2D eigenvalue weighted by Crippen LogP contribution is -2.47. The standard InChI is InChI=1S/C12H24N2O4/c1-9(2)8-14(5-6-18-4)12(17)13-10(3)7-11(15)16/h9-10H,5-8H2,1-4H3,(H,13,17)(H,15,16). The van der Waals surface area contributed by atoms with Gasteiger partial charge in [-0.15, -0.1) is 0 Å². The fourth-order valence-electron chi connectivity index (χ4n) is 1.53. The molecule has 2 amide bonds. The van der Waals surface area contributed by atoms with E-state index in [1.165, 1.54) is 0 Å². The average molecular weight is 260 g/mol. The summed E-state index contributed by atoms with van der Waals surface area (Å²) in [5.41, 5.74) is 0. The summed E-state index contributed by atoms with van der Waals surface area (Å²) in [7, 11) is 1.58. The van der Waals surface area contributed by atoms with E-state index in [9.17, 15) is 9.59 Å². The Morgan fingerprint density at radius 1 is 1.33 bits per heavy atom. The molecule has 1 atom stereocenters. The average Bonchev–Trinajstić information content (AvgIpc) is 2.22. The first-order chi connectivity index (χ1) is 8.36. The predicted molar refractivity (Wildman–Crippen MR) is 68.5 cm³/mol. The van der Waals surface area contributed by atoms with E-state index < -0.39 is 5.97 Å². The Kier molecular flexibility index (Phi) is 8.11. The lowest BCUT2D eigenvalue weighted by Gasteiger charge is -2.26. The van der Waals surface area contributed by atoms with Crippen LogP contribution in [0.25, 0.3) is 0 Å². The predicted octanol–water partition coefficient (Wildman–Crippen LogP) is 1.16. The van der Waals surface area contributed by atoms with Crippen LogP contribution in [0.1, 0.15) is 27.2 Å². The van der Waals surface area contributed by atoms with Crippen LogP contribution in [-0.4, -0.2) is 54.9 Å². The highest BCUT2D eigenvalue weighted by Crippen LogP contribution is 2.01. The Morgan fingerprint density at radius 3 is 2.39 bits per heavy atom. The second-order valence-electron chi connectivity index (χ2n) is 4.78. The number of nitrogens with zero attached hydrogens (tertiary/aromatic N) is 1. The Hall–Kier alpha value is -1.30. The largest absolute Gasteiger partial charge is 0.481 e. The summed E-state index contributed by atoms with van der Waals surface area (Å²) in [5.74, 6) is -0.572. The molecule has 0 aromatic heterocycles. The maximum absolute atomic E-state index is 11.9. The van der Waals surface area contributed by atoms with E-state index >= 15 is 0 Å². The molecule has 0 radical (unpaired) electrons. The minimum atomic E-state index is -0.921. The van der Waals surface area contributed by atoms with Gasteiger partial charge >= 0.3 is 12.0 Å². The summed E-state index contributed by atoms with van der Waals surface area (Å²) >= 11 is 0. The zero-order valence-electron chi connectivity index (χ0n) is 11.6. The first-order valence-electron chi connectivity index (χ1n) is 6.13. The van der Waals surface area contributed by atoms with Gasteiger partial charge in [-0.2, -0.15) is 0 Å². The van der Waals surface area contributed by atoms with Gasteiger partial charge in [0.05, 0.1) is 13.0 Å². The van der Waals surface area contributed by atoms with Gasteiger partial charge < -0.3 is 20.1 Å². The zero-order valence-corrected chi connectivity index (χ0v) is 11.6. The first kappa shape index (κ1) is 16.7. The van der Waals surface area contributed by atoms with Crippen LogP contribution in [0, 0.1) is 5.92 Å². The smallest absolute Gasteiger partial charge is 0.317 e. The monoisotopic (exact) mass is 260 g/mol. The quantitative estimate of drug-likeness (QED) is 0.686.